The van der Waals surface area contributed by atoms with E-state index in [0.29, 0.717) is 50.6 Å². The molecule has 3 aromatic rings. The molecule has 1 aromatic heterocycles. The number of carbonyl (C=O) groups excluding carboxylic acids is 1. The van der Waals surface area contributed by atoms with E-state index in [0.717, 1.165) is 33.9 Å². The van der Waals surface area contributed by atoms with Crippen LogP contribution in [0.15, 0.2) is 41.3 Å². The maximum absolute atomic E-state index is 13.2. The zero-order valence-electron chi connectivity index (χ0n) is 21.8. The van der Waals surface area contributed by atoms with Crippen LogP contribution in [-0.2, 0) is 14.8 Å². The highest BCUT2D eigenvalue weighted by Gasteiger charge is 2.28. The van der Waals surface area contributed by atoms with Crippen molar-refractivity contribution in [3.63, 3.8) is 0 Å². The number of hydrogen-bond acceptors (Lipinski definition) is 9. The van der Waals surface area contributed by atoms with Crippen LogP contribution in [0.5, 0.6) is 11.5 Å². The van der Waals surface area contributed by atoms with Crippen molar-refractivity contribution in [1.82, 2.24) is 14.2 Å². The summed E-state index contributed by atoms with van der Waals surface area (Å²) in [5.41, 5.74) is 1.23. The fourth-order valence-corrected chi connectivity index (χ4v) is 7.14. The van der Waals surface area contributed by atoms with Gasteiger partial charge in [-0.2, -0.15) is 4.31 Å². The highest BCUT2D eigenvalue weighted by atomic mass is 32.2. The summed E-state index contributed by atoms with van der Waals surface area (Å²) in [6.45, 7) is 3.34. The van der Waals surface area contributed by atoms with Crippen LogP contribution < -0.4 is 14.4 Å². The average Bonchev–Trinajstić information content (AvgIpc) is 3.63. The highest BCUT2D eigenvalue weighted by Crippen LogP contribution is 2.40. The summed E-state index contributed by atoms with van der Waals surface area (Å²) < 4.78 is 44.7. The van der Waals surface area contributed by atoms with Crippen LogP contribution in [0.3, 0.4) is 0 Å². The number of sulfonamides is 1. The molecular formula is C26H32N4O6S2. The molecule has 2 saturated heterocycles. The molecule has 38 heavy (non-hydrogen) atoms. The van der Waals surface area contributed by atoms with Crippen LogP contribution in [0.25, 0.3) is 10.2 Å². The van der Waals surface area contributed by atoms with E-state index in [2.05, 4.69) is 4.90 Å². The molecule has 0 radical (unpaired) electrons. The molecule has 1 amide bonds. The molecule has 0 spiro atoms. The van der Waals surface area contributed by atoms with Crippen molar-refractivity contribution in [3.05, 3.63) is 42.0 Å². The van der Waals surface area contributed by atoms with Gasteiger partial charge in [-0.1, -0.05) is 11.3 Å². The summed E-state index contributed by atoms with van der Waals surface area (Å²) in [6.07, 6.45) is 1.75. The Bertz CT molecular complexity index is 1350. The maximum atomic E-state index is 13.2. The van der Waals surface area contributed by atoms with E-state index < -0.39 is 10.0 Å². The Labute approximate surface area is 226 Å². The average molecular weight is 561 g/mol. The van der Waals surface area contributed by atoms with E-state index in [-0.39, 0.29) is 16.9 Å². The fourth-order valence-electron chi connectivity index (χ4n) is 4.82. The van der Waals surface area contributed by atoms with Gasteiger partial charge in [-0.15, -0.1) is 0 Å². The molecule has 0 N–H and O–H groups in total. The van der Waals surface area contributed by atoms with Crippen molar-refractivity contribution in [2.24, 2.45) is 0 Å². The third kappa shape index (κ3) is 5.18. The Morgan fingerprint density at radius 2 is 1.76 bits per heavy atom. The standard InChI is InChI=1S/C26H32N4O6S2/c1-28(17-19-5-4-16-36-19)38(32,33)20-8-6-18(7-9-20)25(31)29-12-14-30(15-13-29)26-27-23-21(34-2)10-11-22(35-3)24(23)37-26/h6-11,19H,4-5,12-17H2,1-3H3. The lowest BCUT2D eigenvalue weighted by molar-refractivity contribution is 0.0746. The first-order valence-electron chi connectivity index (χ1n) is 12.6. The molecule has 5 rings (SSSR count). The van der Waals surface area contributed by atoms with E-state index in [4.69, 9.17) is 19.2 Å². The van der Waals surface area contributed by atoms with Gasteiger partial charge in [0.1, 0.15) is 21.7 Å². The van der Waals surface area contributed by atoms with Gasteiger partial charge in [-0.25, -0.2) is 13.4 Å². The van der Waals surface area contributed by atoms with Crippen molar-refractivity contribution in [2.75, 3.05) is 65.5 Å². The zero-order valence-corrected chi connectivity index (χ0v) is 23.4. The van der Waals surface area contributed by atoms with E-state index >= 15 is 0 Å². The Morgan fingerprint density at radius 3 is 2.39 bits per heavy atom. The number of anilines is 1. The normalized spacial score (nSPS) is 18.4. The van der Waals surface area contributed by atoms with Crippen molar-refractivity contribution in [1.29, 1.82) is 0 Å². The zero-order chi connectivity index (χ0) is 26.9. The minimum absolute atomic E-state index is 0.0684. The first kappa shape index (κ1) is 26.7. The number of nitrogens with zero attached hydrogens (tertiary/aromatic N) is 4. The van der Waals surface area contributed by atoms with Gasteiger partial charge in [-0.05, 0) is 49.2 Å². The second-order valence-corrected chi connectivity index (χ2v) is 12.4. The minimum Gasteiger partial charge on any atom is -0.495 e. The molecule has 0 bridgehead atoms. The molecule has 12 heteroatoms. The molecule has 3 heterocycles. The molecule has 1 unspecified atom stereocenters. The summed E-state index contributed by atoms with van der Waals surface area (Å²) >= 11 is 1.54. The van der Waals surface area contributed by atoms with Crippen LogP contribution in [0.2, 0.25) is 0 Å². The molecule has 2 aliphatic rings. The number of amides is 1. The summed E-state index contributed by atoms with van der Waals surface area (Å²) in [5.74, 6) is 1.33. The van der Waals surface area contributed by atoms with E-state index in [1.165, 1.54) is 16.4 Å². The lowest BCUT2D eigenvalue weighted by Gasteiger charge is -2.34. The smallest absolute Gasteiger partial charge is 0.253 e. The Hall–Kier alpha value is -2.93. The second-order valence-electron chi connectivity index (χ2n) is 9.37. The second kappa shape index (κ2) is 11.0. The lowest BCUT2D eigenvalue weighted by atomic mass is 10.2. The number of ether oxygens (including phenoxy) is 3. The first-order chi connectivity index (χ1) is 18.3. The van der Waals surface area contributed by atoms with Crippen molar-refractivity contribution < 1.29 is 27.4 Å². The number of benzene rings is 2. The Kier molecular flexibility index (Phi) is 7.75. The molecule has 10 nitrogen and oxygen atoms in total. The topological polar surface area (TPSA) is 102 Å². The van der Waals surface area contributed by atoms with Gasteiger partial charge in [0.05, 0.1) is 25.2 Å². The van der Waals surface area contributed by atoms with Gasteiger partial charge >= 0.3 is 0 Å². The predicted molar refractivity (Wildman–Crippen MR) is 146 cm³/mol. The van der Waals surface area contributed by atoms with Gasteiger partial charge in [0.15, 0.2) is 5.13 Å². The SMILES string of the molecule is COc1ccc(OC)c2sc(N3CCN(C(=O)c4ccc(S(=O)(=O)N(C)CC5CCCO5)cc4)CC3)nc12. The molecule has 204 valence electrons. The number of rotatable bonds is 8. The fraction of sp³-hybridized carbons (Fsp3) is 0.462. The van der Waals surface area contributed by atoms with Crippen molar-refractivity contribution in [3.8, 4) is 11.5 Å². The van der Waals surface area contributed by atoms with E-state index in [1.54, 1.807) is 49.6 Å². The summed E-state index contributed by atoms with van der Waals surface area (Å²) in [5, 5.41) is 0.858. The molecule has 2 aliphatic heterocycles. The number of carbonyl (C=O) groups is 1. The number of thiazole rings is 1. The summed E-state index contributed by atoms with van der Waals surface area (Å²) in [7, 11) is 1.16. The van der Waals surface area contributed by atoms with Crippen molar-refractivity contribution in [2.45, 2.75) is 23.8 Å². The maximum Gasteiger partial charge on any atom is 0.253 e. The summed E-state index contributed by atoms with van der Waals surface area (Å²) in [4.78, 5) is 22.1. The summed E-state index contributed by atoms with van der Waals surface area (Å²) in [6, 6.07) is 9.92. The molecule has 1 atom stereocenters. The van der Waals surface area contributed by atoms with Crippen LogP contribution >= 0.6 is 11.3 Å². The highest BCUT2D eigenvalue weighted by molar-refractivity contribution is 7.89. The van der Waals surface area contributed by atoms with Gasteiger partial charge in [0.2, 0.25) is 10.0 Å². The van der Waals surface area contributed by atoms with Gasteiger partial charge in [0, 0.05) is 51.9 Å². The number of fused-ring (bicyclic) bond motifs is 1. The molecule has 2 fully saturated rings. The number of hydrogen-bond donors (Lipinski definition) is 0. The third-order valence-electron chi connectivity index (χ3n) is 7.03. The number of likely N-dealkylation sites (N-methyl/N-ethyl adjacent to an activating group) is 1. The molecular weight excluding hydrogens is 528 g/mol. The van der Waals surface area contributed by atoms with Crippen LogP contribution in [0.4, 0.5) is 5.13 Å². The Morgan fingerprint density at radius 1 is 1.08 bits per heavy atom. The minimum atomic E-state index is -3.65. The first-order valence-corrected chi connectivity index (χ1v) is 14.8. The molecule has 0 saturated carbocycles. The van der Waals surface area contributed by atoms with Gasteiger partial charge in [-0.3, -0.25) is 4.79 Å². The number of methoxy groups -OCH3 is 2. The van der Waals surface area contributed by atoms with Crippen LogP contribution in [-0.4, -0.2) is 95.2 Å². The Balaban J connectivity index is 1.23. The van der Waals surface area contributed by atoms with Crippen LogP contribution in [0, 0.1) is 0 Å². The number of piperazine rings is 1. The quantitative estimate of drug-likeness (QED) is 0.414. The molecule has 0 aliphatic carbocycles. The van der Waals surface area contributed by atoms with Gasteiger partial charge < -0.3 is 24.0 Å². The number of aromatic nitrogens is 1. The van der Waals surface area contributed by atoms with Crippen molar-refractivity contribution >= 4 is 42.6 Å². The van der Waals surface area contributed by atoms with Crippen LogP contribution in [0.1, 0.15) is 23.2 Å². The largest absolute Gasteiger partial charge is 0.495 e. The van der Waals surface area contributed by atoms with E-state index in [9.17, 15) is 13.2 Å². The molecule has 2 aromatic carbocycles. The third-order valence-corrected chi connectivity index (χ3v) is 10.00. The monoisotopic (exact) mass is 560 g/mol. The van der Waals surface area contributed by atoms with E-state index in [1.807, 2.05) is 12.1 Å². The van der Waals surface area contributed by atoms with Gasteiger partial charge in [0.25, 0.3) is 5.91 Å². The predicted octanol–water partition coefficient (Wildman–Crippen LogP) is 3.08. The lowest BCUT2D eigenvalue weighted by Crippen LogP contribution is -2.48.